The maximum Gasteiger partial charge on any atom is 0.418 e. The number of benzene rings is 2. The summed E-state index contributed by atoms with van der Waals surface area (Å²) >= 11 is 0. The number of hydrogen-bond donors (Lipinski definition) is 3. The zero-order valence-corrected chi connectivity index (χ0v) is 10.3. The van der Waals surface area contributed by atoms with Crippen molar-refractivity contribution in [3.05, 3.63) is 53.6 Å². The minimum absolute atomic E-state index is 0.0347. The lowest BCUT2D eigenvalue weighted by Crippen LogP contribution is -2.10. The number of nitrogens with one attached hydrogen (secondary N) is 1. The molecule has 3 nitrogen and oxygen atoms in total. The summed E-state index contributed by atoms with van der Waals surface area (Å²) in [7, 11) is 0. The summed E-state index contributed by atoms with van der Waals surface area (Å²) in [6.45, 7) is 0.0981. The van der Waals surface area contributed by atoms with Gasteiger partial charge in [-0.2, -0.15) is 13.2 Å². The van der Waals surface area contributed by atoms with E-state index in [2.05, 4.69) is 5.32 Å². The Hall–Kier alpha value is -2.37. The van der Waals surface area contributed by atoms with E-state index in [9.17, 15) is 18.3 Å². The molecule has 0 aromatic heterocycles. The number of rotatable bonds is 3. The number of aromatic hydroxyl groups is 2. The highest BCUT2D eigenvalue weighted by atomic mass is 19.4. The normalized spacial score (nSPS) is 11.3. The highest BCUT2D eigenvalue weighted by Crippen LogP contribution is 2.35. The Morgan fingerprint density at radius 1 is 0.950 bits per heavy atom. The first-order valence-corrected chi connectivity index (χ1v) is 5.79. The van der Waals surface area contributed by atoms with Gasteiger partial charge in [-0.15, -0.1) is 0 Å². The molecule has 2 rings (SSSR count). The predicted octanol–water partition coefficient (Wildman–Crippen LogP) is 3.73. The first-order chi connectivity index (χ1) is 9.38. The Labute approximate surface area is 113 Å². The summed E-state index contributed by atoms with van der Waals surface area (Å²) in [5.41, 5.74) is -0.229. The molecule has 2 aromatic rings. The van der Waals surface area contributed by atoms with Crippen LogP contribution in [0.4, 0.5) is 18.9 Å². The number of halogens is 3. The molecule has 3 N–H and O–H groups in total. The first-order valence-electron chi connectivity index (χ1n) is 5.79. The molecule has 0 bridgehead atoms. The van der Waals surface area contributed by atoms with Crippen LogP contribution in [-0.2, 0) is 12.7 Å². The van der Waals surface area contributed by atoms with Crippen molar-refractivity contribution in [1.29, 1.82) is 0 Å². The number of hydrogen-bond acceptors (Lipinski definition) is 3. The second kappa shape index (κ2) is 5.32. The second-order valence-electron chi connectivity index (χ2n) is 4.22. The second-order valence-corrected chi connectivity index (χ2v) is 4.22. The van der Waals surface area contributed by atoms with Crippen molar-refractivity contribution in [2.24, 2.45) is 0 Å². The maximum atomic E-state index is 12.8. The number of anilines is 1. The van der Waals surface area contributed by atoms with Crippen molar-refractivity contribution >= 4 is 5.69 Å². The van der Waals surface area contributed by atoms with Crippen LogP contribution in [0.2, 0.25) is 0 Å². The molecular weight excluding hydrogens is 271 g/mol. The van der Waals surface area contributed by atoms with Crippen LogP contribution in [-0.4, -0.2) is 10.2 Å². The maximum absolute atomic E-state index is 12.8. The molecule has 106 valence electrons. The summed E-state index contributed by atoms with van der Waals surface area (Å²) in [6, 6.07) is 9.24. The fourth-order valence-electron chi connectivity index (χ4n) is 1.76. The van der Waals surface area contributed by atoms with Crippen molar-refractivity contribution in [3.8, 4) is 11.5 Å². The summed E-state index contributed by atoms with van der Waals surface area (Å²) in [6.07, 6.45) is -4.43. The van der Waals surface area contributed by atoms with Gasteiger partial charge in [-0.1, -0.05) is 18.2 Å². The first kappa shape index (κ1) is 14.0. The van der Waals surface area contributed by atoms with Gasteiger partial charge in [-0.3, -0.25) is 0 Å². The molecule has 0 saturated heterocycles. The van der Waals surface area contributed by atoms with E-state index in [-0.39, 0.29) is 23.7 Å². The summed E-state index contributed by atoms with van der Waals surface area (Å²) in [5.74, 6) is -0.585. The number of alkyl halides is 3. The van der Waals surface area contributed by atoms with Crippen molar-refractivity contribution < 1.29 is 23.4 Å². The summed E-state index contributed by atoms with van der Waals surface area (Å²) < 4.78 is 38.3. The van der Waals surface area contributed by atoms with E-state index in [1.54, 1.807) is 0 Å². The van der Waals surface area contributed by atoms with Crippen molar-refractivity contribution in [2.45, 2.75) is 12.7 Å². The van der Waals surface area contributed by atoms with Gasteiger partial charge in [0.25, 0.3) is 0 Å². The topological polar surface area (TPSA) is 52.5 Å². The Bertz CT molecular complexity index is 612. The zero-order chi connectivity index (χ0) is 14.8. The van der Waals surface area contributed by atoms with Crippen LogP contribution >= 0.6 is 0 Å². The van der Waals surface area contributed by atoms with E-state index in [0.717, 1.165) is 6.07 Å². The summed E-state index contributed by atoms with van der Waals surface area (Å²) in [4.78, 5) is 0. The van der Waals surface area contributed by atoms with E-state index in [1.165, 1.54) is 36.4 Å². The highest BCUT2D eigenvalue weighted by molar-refractivity contribution is 5.53. The molecule has 0 radical (unpaired) electrons. The van der Waals surface area contributed by atoms with Gasteiger partial charge in [0.1, 0.15) is 0 Å². The van der Waals surface area contributed by atoms with Crippen LogP contribution in [0.1, 0.15) is 11.1 Å². The molecule has 0 saturated carbocycles. The van der Waals surface area contributed by atoms with Crippen LogP contribution < -0.4 is 5.32 Å². The fraction of sp³-hybridized carbons (Fsp3) is 0.143. The third-order valence-electron chi connectivity index (χ3n) is 2.76. The molecule has 0 unspecified atom stereocenters. The van der Waals surface area contributed by atoms with Crippen molar-refractivity contribution in [2.75, 3.05) is 5.32 Å². The fourth-order valence-corrected chi connectivity index (χ4v) is 1.76. The molecular formula is C14H12F3NO2. The average Bonchev–Trinajstić information content (AvgIpc) is 2.39. The molecule has 0 aliphatic carbocycles. The SMILES string of the molecule is Oc1ccc(CNc2ccccc2C(F)(F)F)cc1O. The van der Waals surface area contributed by atoms with Crippen LogP contribution in [0.15, 0.2) is 42.5 Å². The van der Waals surface area contributed by atoms with Crippen LogP contribution in [0, 0.1) is 0 Å². The molecule has 0 heterocycles. The minimum Gasteiger partial charge on any atom is -0.504 e. The van der Waals surface area contributed by atoms with Crippen LogP contribution in [0.5, 0.6) is 11.5 Å². The molecule has 0 aliphatic rings. The smallest absolute Gasteiger partial charge is 0.418 e. The Morgan fingerprint density at radius 2 is 1.65 bits per heavy atom. The number of phenols is 2. The number of phenolic OH excluding ortho intramolecular Hbond substituents is 2. The largest absolute Gasteiger partial charge is 0.504 e. The van der Waals surface area contributed by atoms with Crippen molar-refractivity contribution in [1.82, 2.24) is 0 Å². The standard InChI is InChI=1S/C14H12F3NO2/c15-14(16,17)10-3-1-2-4-11(10)18-8-9-5-6-12(19)13(20)7-9/h1-7,18-20H,8H2. The Morgan fingerprint density at radius 3 is 2.30 bits per heavy atom. The van der Waals surface area contributed by atoms with E-state index < -0.39 is 11.7 Å². The van der Waals surface area contributed by atoms with E-state index in [4.69, 9.17) is 5.11 Å². The van der Waals surface area contributed by atoms with Gasteiger partial charge in [0.15, 0.2) is 11.5 Å². The van der Waals surface area contributed by atoms with Crippen molar-refractivity contribution in [3.63, 3.8) is 0 Å². The predicted molar refractivity (Wildman–Crippen MR) is 68.5 cm³/mol. The highest BCUT2D eigenvalue weighted by Gasteiger charge is 2.32. The van der Waals surface area contributed by atoms with E-state index in [0.29, 0.717) is 5.56 Å². The molecule has 0 spiro atoms. The number of para-hydroxylation sites is 1. The summed E-state index contributed by atoms with van der Waals surface area (Å²) in [5, 5.41) is 21.2. The lowest BCUT2D eigenvalue weighted by Gasteiger charge is -2.14. The third-order valence-corrected chi connectivity index (χ3v) is 2.76. The average molecular weight is 283 g/mol. The Kier molecular flexibility index (Phi) is 3.74. The lowest BCUT2D eigenvalue weighted by atomic mass is 10.1. The molecule has 0 atom stereocenters. The molecule has 6 heteroatoms. The molecule has 2 aromatic carbocycles. The lowest BCUT2D eigenvalue weighted by molar-refractivity contribution is -0.137. The van der Waals surface area contributed by atoms with Crippen LogP contribution in [0.25, 0.3) is 0 Å². The molecule has 0 aliphatic heterocycles. The quantitative estimate of drug-likeness (QED) is 0.752. The van der Waals surface area contributed by atoms with Gasteiger partial charge < -0.3 is 15.5 Å². The molecule has 20 heavy (non-hydrogen) atoms. The van der Waals surface area contributed by atoms with Gasteiger partial charge in [0, 0.05) is 12.2 Å². The van der Waals surface area contributed by atoms with Gasteiger partial charge in [0.05, 0.1) is 5.56 Å². The minimum atomic E-state index is -4.43. The Balaban J connectivity index is 2.17. The zero-order valence-electron chi connectivity index (χ0n) is 10.3. The monoisotopic (exact) mass is 283 g/mol. The van der Waals surface area contributed by atoms with Gasteiger partial charge >= 0.3 is 6.18 Å². The van der Waals surface area contributed by atoms with Gasteiger partial charge in [-0.05, 0) is 29.8 Å². The van der Waals surface area contributed by atoms with Gasteiger partial charge in [-0.25, -0.2) is 0 Å². The van der Waals surface area contributed by atoms with Gasteiger partial charge in [0.2, 0.25) is 0 Å². The van der Waals surface area contributed by atoms with E-state index in [1.807, 2.05) is 0 Å². The van der Waals surface area contributed by atoms with Crippen LogP contribution in [0.3, 0.4) is 0 Å². The molecule has 0 amide bonds. The molecule has 0 fully saturated rings. The van der Waals surface area contributed by atoms with E-state index >= 15 is 0 Å². The third kappa shape index (κ3) is 3.14.